The first kappa shape index (κ1) is 16.5. The number of aromatic nitrogens is 2. The van der Waals surface area contributed by atoms with E-state index in [1.54, 1.807) is 12.1 Å². The summed E-state index contributed by atoms with van der Waals surface area (Å²) in [5.74, 6) is 0.352. The molecule has 3 N–H and O–H groups in total. The van der Waals surface area contributed by atoms with Crippen molar-refractivity contribution in [2.24, 2.45) is 5.92 Å². The number of H-pyrrole nitrogens is 1. The normalized spacial score (nSPS) is 20.4. The van der Waals surface area contributed by atoms with Crippen LogP contribution in [0, 0.1) is 30.0 Å². The number of nitrogens with zero attached hydrogens (tertiary/aromatic N) is 2. The number of fused-ring (bicyclic) bond motifs is 1. The fourth-order valence-corrected chi connectivity index (χ4v) is 3.30. The van der Waals surface area contributed by atoms with E-state index in [9.17, 15) is 9.65 Å². The lowest BCUT2D eigenvalue weighted by Gasteiger charge is -2.16. The van der Waals surface area contributed by atoms with Crippen molar-refractivity contribution in [2.45, 2.75) is 13.0 Å². The van der Waals surface area contributed by atoms with E-state index in [4.69, 9.17) is 0 Å². The van der Waals surface area contributed by atoms with Gasteiger partial charge in [0, 0.05) is 12.5 Å². The van der Waals surface area contributed by atoms with Crippen molar-refractivity contribution >= 4 is 16.6 Å². The van der Waals surface area contributed by atoms with Gasteiger partial charge in [-0.2, -0.15) is 5.26 Å². The maximum Gasteiger partial charge on any atom is 0.148 e. The third-order valence-electron chi connectivity index (χ3n) is 4.65. The Kier molecular flexibility index (Phi) is 4.25. The molecule has 0 radical (unpaired) electrons. The van der Waals surface area contributed by atoms with Crippen LogP contribution in [0.5, 0.6) is 0 Å². The average Bonchev–Trinajstić information content (AvgIpc) is 3.26. The molecule has 0 bridgehead atoms. The first-order valence-electron chi connectivity index (χ1n) is 8.46. The summed E-state index contributed by atoms with van der Waals surface area (Å²) in [4.78, 5) is 7.77. The third kappa shape index (κ3) is 3.10. The maximum absolute atomic E-state index is 13.2. The Morgan fingerprint density at radius 3 is 2.85 bits per heavy atom. The Morgan fingerprint density at radius 1 is 1.27 bits per heavy atom. The highest BCUT2D eigenvalue weighted by Crippen LogP contribution is 2.29. The van der Waals surface area contributed by atoms with Crippen LogP contribution in [-0.4, -0.2) is 16.5 Å². The van der Waals surface area contributed by atoms with Gasteiger partial charge in [0.1, 0.15) is 17.7 Å². The zero-order chi connectivity index (χ0) is 18.1. The Labute approximate surface area is 150 Å². The standard InChI is InChI=1S/C20H18FN5/c1-12-2-7-17-18(8-12)25-20(24-17)14(10-22)9-15-11-23-26-19(15)13-3-5-16(21)6-4-13/h2-9,15,19,23,26H,11H2,1H3,(H,24,25)/b14-9+. The molecule has 0 aliphatic carbocycles. The Bertz CT molecular complexity index is 1010. The van der Waals surface area contributed by atoms with E-state index in [0.29, 0.717) is 17.9 Å². The molecule has 0 saturated carbocycles. The van der Waals surface area contributed by atoms with Crippen molar-refractivity contribution in [3.05, 3.63) is 71.3 Å². The molecule has 2 atom stereocenters. The van der Waals surface area contributed by atoms with Crippen LogP contribution < -0.4 is 10.9 Å². The number of halogens is 1. The first-order chi connectivity index (χ1) is 12.6. The molecule has 6 heteroatoms. The van der Waals surface area contributed by atoms with E-state index in [1.807, 2.05) is 31.2 Å². The second kappa shape index (κ2) is 6.71. The highest BCUT2D eigenvalue weighted by molar-refractivity contribution is 5.82. The summed E-state index contributed by atoms with van der Waals surface area (Å²) in [5, 5.41) is 9.64. The van der Waals surface area contributed by atoms with Gasteiger partial charge in [-0.05, 0) is 42.3 Å². The van der Waals surface area contributed by atoms with Gasteiger partial charge in [0.05, 0.1) is 22.6 Å². The molecule has 26 heavy (non-hydrogen) atoms. The van der Waals surface area contributed by atoms with Gasteiger partial charge < -0.3 is 4.98 Å². The minimum Gasteiger partial charge on any atom is -0.337 e. The molecular formula is C20H18FN5. The Balaban J connectivity index is 1.67. The topological polar surface area (TPSA) is 76.5 Å². The van der Waals surface area contributed by atoms with Crippen LogP contribution >= 0.6 is 0 Å². The highest BCUT2D eigenvalue weighted by atomic mass is 19.1. The van der Waals surface area contributed by atoms with Gasteiger partial charge in [-0.1, -0.05) is 24.3 Å². The van der Waals surface area contributed by atoms with Gasteiger partial charge in [-0.15, -0.1) is 0 Å². The molecule has 130 valence electrons. The summed E-state index contributed by atoms with van der Waals surface area (Å²) in [6.45, 7) is 2.69. The van der Waals surface area contributed by atoms with Gasteiger partial charge in [0.25, 0.3) is 0 Å². The van der Waals surface area contributed by atoms with Gasteiger partial charge in [0.15, 0.2) is 0 Å². The number of rotatable bonds is 3. The number of allylic oxidation sites excluding steroid dienone is 1. The molecule has 2 unspecified atom stereocenters. The fourth-order valence-electron chi connectivity index (χ4n) is 3.30. The molecule has 5 nitrogen and oxygen atoms in total. The van der Waals surface area contributed by atoms with Crippen LogP contribution in [0.25, 0.3) is 16.6 Å². The smallest absolute Gasteiger partial charge is 0.148 e. The van der Waals surface area contributed by atoms with Gasteiger partial charge in [-0.3, -0.25) is 5.43 Å². The van der Waals surface area contributed by atoms with Crippen molar-refractivity contribution in [2.75, 3.05) is 6.54 Å². The van der Waals surface area contributed by atoms with E-state index in [1.165, 1.54) is 12.1 Å². The van der Waals surface area contributed by atoms with Crippen LogP contribution in [0.15, 0.2) is 48.5 Å². The molecule has 1 fully saturated rings. The summed E-state index contributed by atoms with van der Waals surface area (Å²) in [7, 11) is 0. The zero-order valence-electron chi connectivity index (χ0n) is 14.3. The van der Waals surface area contributed by atoms with Crippen molar-refractivity contribution in [1.82, 2.24) is 20.8 Å². The first-order valence-corrected chi connectivity index (χ1v) is 8.46. The molecule has 1 saturated heterocycles. The number of nitriles is 1. The molecule has 1 aliphatic heterocycles. The summed E-state index contributed by atoms with van der Waals surface area (Å²) in [6.07, 6.45) is 1.92. The highest BCUT2D eigenvalue weighted by Gasteiger charge is 2.27. The Hall–Kier alpha value is -3.01. The summed E-state index contributed by atoms with van der Waals surface area (Å²) >= 11 is 0. The number of imidazole rings is 1. The van der Waals surface area contributed by atoms with Gasteiger partial charge in [0.2, 0.25) is 0 Å². The molecule has 4 rings (SSSR count). The molecule has 1 aromatic heterocycles. The predicted molar refractivity (Wildman–Crippen MR) is 98.2 cm³/mol. The average molecular weight is 347 g/mol. The molecule has 3 aromatic rings. The number of nitrogens with one attached hydrogen (secondary N) is 3. The number of hydrogen-bond acceptors (Lipinski definition) is 4. The van der Waals surface area contributed by atoms with Crippen molar-refractivity contribution < 1.29 is 4.39 Å². The molecule has 0 spiro atoms. The van der Waals surface area contributed by atoms with Crippen molar-refractivity contribution in [3.8, 4) is 6.07 Å². The lowest BCUT2D eigenvalue weighted by atomic mass is 9.93. The van der Waals surface area contributed by atoms with E-state index < -0.39 is 0 Å². The number of aryl methyl sites for hydroxylation is 1. The molecule has 2 aromatic carbocycles. The van der Waals surface area contributed by atoms with E-state index in [-0.39, 0.29) is 17.8 Å². The van der Waals surface area contributed by atoms with Crippen molar-refractivity contribution in [1.29, 1.82) is 5.26 Å². The SMILES string of the molecule is Cc1ccc2nc(/C(C#N)=C/C3CNNC3c3ccc(F)cc3)[nH]c2c1. The number of benzene rings is 2. The van der Waals surface area contributed by atoms with Crippen LogP contribution in [0.2, 0.25) is 0 Å². The predicted octanol–water partition coefficient (Wildman–Crippen LogP) is 3.38. The van der Waals surface area contributed by atoms with Crippen LogP contribution in [0.3, 0.4) is 0 Å². The Morgan fingerprint density at radius 2 is 2.08 bits per heavy atom. The molecular weight excluding hydrogens is 329 g/mol. The molecule has 0 amide bonds. The van der Waals surface area contributed by atoms with Gasteiger partial charge >= 0.3 is 0 Å². The van der Waals surface area contributed by atoms with Crippen LogP contribution in [0.1, 0.15) is 23.0 Å². The maximum atomic E-state index is 13.2. The summed E-state index contributed by atoms with van der Waals surface area (Å²) in [6, 6.07) is 14.6. The quantitative estimate of drug-likeness (QED) is 0.635. The second-order valence-electron chi connectivity index (χ2n) is 6.52. The lowest BCUT2D eigenvalue weighted by molar-refractivity contribution is 0.538. The second-order valence-corrected chi connectivity index (χ2v) is 6.52. The third-order valence-corrected chi connectivity index (χ3v) is 4.65. The largest absolute Gasteiger partial charge is 0.337 e. The van der Waals surface area contributed by atoms with Gasteiger partial charge in [-0.25, -0.2) is 14.8 Å². The monoisotopic (exact) mass is 347 g/mol. The fraction of sp³-hybridized carbons (Fsp3) is 0.200. The molecule has 1 aliphatic rings. The van der Waals surface area contributed by atoms with Crippen LogP contribution in [0.4, 0.5) is 4.39 Å². The van der Waals surface area contributed by atoms with E-state index in [0.717, 1.165) is 22.2 Å². The number of hydrogen-bond donors (Lipinski definition) is 3. The zero-order valence-corrected chi connectivity index (χ0v) is 14.3. The molecule has 2 heterocycles. The minimum absolute atomic E-state index is 0.0365. The van der Waals surface area contributed by atoms with E-state index >= 15 is 0 Å². The summed E-state index contributed by atoms with van der Waals surface area (Å²) < 4.78 is 13.2. The van der Waals surface area contributed by atoms with E-state index in [2.05, 4.69) is 26.9 Å². The number of aromatic amines is 1. The lowest BCUT2D eigenvalue weighted by Crippen LogP contribution is -2.24. The van der Waals surface area contributed by atoms with Crippen molar-refractivity contribution in [3.63, 3.8) is 0 Å². The minimum atomic E-state index is -0.262. The summed E-state index contributed by atoms with van der Waals surface area (Å²) in [5.41, 5.74) is 10.7. The number of hydrazine groups is 1. The van der Waals surface area contributed by atoms with Crippen LogP contribution in [-0.2, 0) is 0 Å².